The van der Waals surface area contributed by atoms with Crippen LogP contribution >= 0.6 is 34.7 Å². The van der Waals surface area contributed by atoms with Gasteiger partial charge in [0.2, 0.25) is 0 Å². The summed E-state index contributed by atoms with van der Waals surface area (Å²) in [5.74, 6) is -0.332. The summed E-state index contributed by atoms with van der Waals surface area (Å²) in [5.41, 5.74) is 0. The Kier molecular flexibility index (Phi) is 7.18. The van der Waals surface area contributed by atoms with Crippen molar-refractivity contribution in [1.82, 2.24) is 10.2 Å². The van der Waals surface area contributed by atoms with Crippen LogP contribution in [-0.2, 0) is 11.3 Å². The summed E-state index contributed by atoms with van der Waals surface area (Å²) in [7, 11) is 1.62. The van der Waals surface area contributed by atoms with E-state index in [9.17, 15) is 9.59 Å². The van der Waals surface area contributed by atoms with Gasteiger partial charge in [0.15, 0.2) is 0 Å². The fourth-order valence-electron chi connectivity index (χ4n) is 1.49. The van der Waals surface area contributed by atoms with Crippen molar-refractivity contribution in [2.24, 2.45) is 0 Å². The summed E-state index contributed by atoms with van der Waals surface area (Å²) in [5, 5.41) is 11.6. The van der Waals surface area contributed by atoms with Gasteiger partial charge in [0.1, 0.15) is 6.04 Å². The van der Waals surface area contributed by atoms with Crippen LogP contribution in [0.4, 0.5) is 4.79 Å². The number of hydrogen-bond acceptors (Lipinski definition) is 4. The average Bonchev–Trinajstić information content (AvgIpc) is 2.79. The number of urea groups is 1. The number of carboxylic acid groups (broad SMARTS) is 1. The zero-order chi connectivity index (χ0) is 15.1. The van der Waals surface area contributed by atoms with Gasteiger partial charge in [0.25, 0.3) is 0 Å². The first-order valence-electron chi connectivity index (χ1n) is 5.91. The fourth-order valence-corrected chi connectivity index (χ4v) is 3.11. The molecule has 0 aliphatic heterocycles. The van der Waals surface area contributed by atoms with Gasteiger partial charge in [-0.3, -0.25) is 0 Å². The largest absolute Gasteiger partial charge is 0.480 e. The Balaban J connectivity index is 2.52. The third-order valence-electron chi connectivity index (χ3n) is 2.58. The van der Waals surface area contributed by atoms with E-state index < -0.39 is 18.0 Å². The molecule has 1 heterocycles. The molecular formula is C12H17ClN2O3S2. The van der Waals surface area contributed by atoms with Crippen molar-refractivity contribution in [2.45, 2.75) is 19.0 Å². The average molecular weight is 337 g/mol. The van der Waals surface area contributed by atoms with Crippen molar-refractivity contribution < 1.29 is 14.7 Å². The predicted octanol–water partition coefficient (Wildman–Crippen LogP) is 2.75. The van der Waals surface area contributed by atoms with Gasteiger partial charge in [-0.1, -0.05) is 11.6 Å². The van der Waals surface area contributed by atoms with Crippen molar-refractivity contribution in [3.05, 3.63) is 21.3 Å². The number of thiophene rings is 1. The number of nitrogens with zero attached hydrogens (tertiary/aromatic N) is 1. The van der Waals surface area contributed by atoms with E-state index in [1.807, 2.05) is 12.3 Å². The standard InChI is InChI=1S/C12H17ClN2O3S2/c1-15(7-8-3-4-10(13)20-8)12(18)14-9(11(16)17)5-6-19-2/h3-4,9H,5-7H2,1-2H3,(H,14,18)(H,16,17)/t9-/m1/s1. The highest BCUT2D eigenvalue weighted by atomic mass is 35.5. The fraction of sp³-hybridized carbons (Fsp3) is 0.500. The number of amides is 2. The lowest BCUT2D eigenvalue weighted by Gasteiger charge is -2.20. The summed E-state index contributed by atoms with van der Waals surface area (Å²) in [4.78, 5) is 25.4. The van der Waals surface area contributed by atoms with Crippen LogP contribution in [0.1, 0.15) is 11.3 Å². The SMILES string of the molecule is CSCC[C@@H](NC(=O)N(C)Cc1ccc(Cl)s1)C(=O)O. The molecule has 1 rings (SSSR count). The molecule has 0 aliphatic rings. The Morgan fingerprint density at radius 3 is 2.75 bits per heavy atom. The topological polar surface area (TPSA) is 69.6 Å². The van der Waals surface area contributed by atoms with Crippen LogP contribution in [-0.4, -0.2) is 47.1 Å². The molecule has 0 saturated carbocycles. The number of thioether (sulfide) groups is 1. The van der Waals surface area contributed by atoms with Crippen molar-refractivity contribution in [3.63, 3.8) is 0 Å². The van der Waals surface area contributed by atoms with Gasteiger partial charge in [0, 0.05) is 11.9 Å². The highest BCUT2D eigenvalue weighted by molar-refractivity contribution is 7.98. The van der Waals surface area contributed by atoms with Crippen molar-refractivity contribution >= 4 is 46.7 Å². The minimum atomic E-state index is -1.01. The van der Waals surface area contributed by atoms with E-state index in [0.717, 1.165) is 4.88 Å². The van der Waals surface area contributed by atoms with Gasteiger partial charge in [0.05, 0.1) is 10.9 Å². The molecule has 0 aromatic carbocycles. The van der Waals surface area contributed by atoms with Crippen molar-refractivity contribution in [2.75, 3.05) is 19.1 Å². The minimum Gasteiger partial charge on any atom is -0.480 e. The first-order valence-corrected chi connectivity index (χ1v) is 8.50. The van der Waals surface area contributed by atoms with Gasteiger partial charge in [-0.25, -0.2) is 9.59 Å². The number of nitrogens with one attached hydrogen (secondary N) is 1. The molecule has 2 N–H and O–H groups in total. The molecule has 0 aliphatic carbocycles. The quantitative estimate of drug-likeness (QED) is 0.803. The third kappa shape index (κ3) is 5.60. The highest BCUT2D eigenvalue weighted by Gasteiger charge is 2.21. The molecule has 0 bridgehead atoms. The van der Waals surface area contributed by atoms with E-state index >= 15 is 0 Å². The molecule has 1 aromatic rings. The number of halogens is 1. The van der Waals surface area contributed by atoms with E-state index in [1.165, 1.54) is 16.2 Å². The van der Waals surface area contributed by atoms with Crippen LogP contribution in [0.15, 0.2) is 12.1 Å². The van der Waals surface area contributed by atoms with Gasteiger partial charge < -0.3 is 15.3 Å². The molecule has 20 heavy (non-hydrogen) atoms. The Hall–Kier alpha value is -0.920. The maximum absolute atomic E-state index is 11.9. The number of rotatable bonds is 7. The zero-order valence-corrected chi connectivity index (χ0v) is 13.6. The molecule has 0 unspecified atom stereocenters. The second kappa shape index (κ2) is 8.39. The van der Waals surface area contributed by atoms with Crippen LogP contribution in [0.25, 0.3) is 0 Å². The first kappa shape index (κ1) is 17.1. The van der Waals surface area contributed by atoms with E-state index in [0.29, 0.717) is 23.1 Å². The summed E-state index contributed by atoms with van der Waals surface area (Å²) in [6, 6.07) is 2.36. The molecule has 0 spiro atoms. The molecule has 0 radical (unpaired) electrons. The van der Waals surface area contributed by atoms with Gasteiger partial charge in [-0.2, -0.15) is 11.8 Å². The third-order valence-corrected chi connectivity index (χ3v) is 4.43. The lowest BCUT2D eigenvalue weighted by atomic mass is 10.2. The zero-order valence-electron chi connectivity index (χ0n) is 11.3. The maximum Gasteiger partial charge on any atom is 0.326 e. The normalized spacial score (nSPS) is 11.9. The molecule has 112 valence electrons. The van der Waals surface area contributed by atoms with Crippen molar-refractivity contribution in [1.29, 1.82) is 0 Å². The Morgan fingerprint density at radius 1 is 1.55 bits per heavy atom. The second-order valence-electron chi connectivity index (χ2n) is 4.18. The summed E-state index contributed by atoms with van der Waals surface area (Å²) < 4.78 is 0.664. The van der Waals surface area contributed by atoms with E-state index in [2.05, 4.69) is 5.32 Å². The number of hydrogen-bond donors (Lipinski definition) is 2. The molecular weight excluding hydrogens is 320 g/mol. The van der Waals surface area contributed by atoms with Crippen LogP contribution in [0.3, 0.4) is 0 Å². The highest BCUT2D eigenvalue weighted by Crippen LogP contribution is 2.22. The van der Waals surface area contributed by atoms with Crippen LogP contribution in [0, 0.1) is 0 Å². The summed E-state index contributed by atoms with van der Waals surface area (Å²) >= 11 is 8.77. The van der Waals surface area contributed by atoms with Crippen LogP contribution < -0.4 is 5.32 Å². The van der Waals surface area contributed by atoms with Gasteiger partial charge in [-0.15, -0.1) is 11.3 Å². The lowest BCUT2D eigenvalue weighted by molar-refractivity contribution is -0.139. The van der Waals surface area contributed by atoms with Gasteiger partial charge in [-0.05, 0) is 30.6 Å². The Labute approximate surface area is 131 Å². The number of carbonyl (C=O) groups is 2. The van der Waals surface area contributed by atoms with E-state index in [-0.39, 0.29) is 0 Å². The maximum atomic E-state index is 11.9. The number of aliphatic carboxylic acids is 1. The van der Waals surface area contributed by atoms with Gasteiger partial charge >= 0.3 is 12.0 Å². The van der Waals surface area contributed by atoms with Crippen molar-refractivity contribution in [3.8, 4) is 0 Å². The molecule has 0 fully saturated rings. The first-order chi connectivity index (χ1) is 9.43. The summed E-state index contributed by atoms with van der Waals surface area (Å²) in [6.45, 7) is 0.401. The molecule has 8 heteroatoms. The van der Waals surface area contributed by atoms with Crippen LogP contribution in [0.5, 0.6) is 0 Å². The summed E-state index contributed by atoms with van der Waals surface area (Å²) in [6.07, 6.45) is 2.30. The predicted molar refractivity (Wildman–Crippen MR) is 83.8 cm³/mol. The minimum absolute atomic E-state index is 0.400. The Bertz CT molecular complexity index is 467. The van der Waals surface area contributed by atoms with E-state index in [4.69, 9.17) is 16.7 Å². The smallest absolute Gasteiger partial charge is 0.326 e. The second-order valence-corrected chi connectivity index (χ2v) is 6.97. The molecule has 2 amide bonds. The molecule has 1 atom stereocenters. The lowest BCUT2D eigenvalue weighted by Crippen LogP contribution is -2.46. The molecule has 0 saturated heterocycles. The number of carboxylic acids is 1. The monoisotopic (exact) mass is 336 g/mol. The molecule has 1 aromatic heterocycles. The van der Waals surface area contributed by atoms with E-state index in [1.54, 1.807) is 24.9 Å². The molecule has 5 nitrogen and oxygen atoms in total. The Morgan fingerprint density at radius 2 is 2.25 bits per heavy atom. The van der Waals surface area contributed by atoms with Crippen LogP contribution in [0.2, 0.25) is 4.34 Å². The number of carbonyl (C=O) groups excluding carboxylic acids is 1.